The molecular formula is C18H16ClN3O3S. The Morgan fingerprint density at radius 2 is 1.62 bits per heavy atom. The van der Waals surface area contributed by atoms with Gasteiger partial charge in [0.15, 0.2) is 5.11 Å². The molecule has 0 bridgehead atoms. The van der Waals surface area contributed by atoms with Gasteiger partial charge in [0.2, 0.25) is 11.8 Å². The molecule has 6 nitrogen and oxygen atoms in total. The van der Waals surface area contributed by atoms with Crippen LogP contribution in [0.4, 0.5) is 5.69 Å². The van der Waals surface area contributed by atoms with E-state index in [-0.39, 0.29) is 5.11 Å². The van der Waals surface area contributed by atoms with Gasteiger partial charge in [-0.15, -0.1) is 0 Å². The maximum absolute atomic E-state index is 12.5. The van der Waals surface area contributed by atoms with Crippen molar-refractivity contribution in [3.8, 4) is 5.75 Å². The van der Waals surface area contributed by atoms with Crippen molar-refractivity contribution in [1.82, 2.24) is 10.6 Å². The summed E-state index contributed by atoms with van der Waals surface area (Å²) in [4.78, 5) is 24.9. The predicted octanol–water partition coefficient (Wildman–Crippen LogP) is 2.65. The first kappa shape index (κ1) is 18.2. The molecule has 0 saturated carbocycles. The van der Waals surface area contributed by atoms with E-state index in [1.807, 2.05) is 0 Å². The number of thiocarbonyl (C=S) groups is 1. The van der Waals surface area contributed by atoms with E-state index in [4.69, 9.17) is 28.6 Å². The van der Waals surface area contributed by atoms with Crippen molar-refractivity contribution in [1.29, 1.82) is 0 Å². The first-order valence-corrected chi connectivity index (χ1v) is 8.58. The molecule has 3 rings (SSSR count). The summed E-state index contributed by atoms with van der Waals surface area (Å²) in [6.45, 7) is 0. The highest BCUT2D eigenvalue weighted by molar-refractivity contribution is 7.80. The van der Waals surface area contributed by atoms with Crippen LogP contribution >= 0.6 is 23.8 Å². The van der Waals surface area contributed by atoms with Crippen molar-refractivity contribution in [2.75, 3.05) is 12.4 Å². The van der Waals surface area contributed by atoms with Gasteiger partial charge in [0.05, 0.1) is 13.2 Å². The smallest absolute Gasteiger partial charge is 0.241 e. The van der Waals surface area contributed by atoms with Crippen molar-refractivity contribution in [2.45, 2.75) is 6.04 Å². The molecule has 0 aromatic heterocycles. The summed E-state index contributed by atoms with van der Waals surface area (Å²) in [5.74, 6) is -1.23. The van der Waals surface area contributed by atoms with Crippen LogP contribution in [0.2, 0.25) is 5.02 Å². The van der Waals surface area contributed by atoms with Gasteiger partial charge in [0, 0.05) is 10.7 Å². The quantitative estimate of drug-likeness (QED) is 0.541. The van der Waals surface area contributed by atoms with E-state index in [0.29, 0.717) is 10.8 Å². The largest absolute Gasteiger partial charge is 0.497 e. The second kappa shape index (κ2) is 7.72. The zero-order chi connectivity index (χ0) is 18.7. The van der Waals surface area contributed by atoms with Crippen LogP contribution in [0.3, 0.4) is 0 Å². The third-order valence-electron chi connectivity index (χ3n) is 4.01. The number of methoxy groups -OCH3 is 1. The average Bonchev–Trinajstić information content (AvgIpc) is 2.62. The maximum atomic E-state index is 12.5. The van der Waals surface area contributed by atoms with Crippen LogP contribution in [0.25, 0.3) is 0 Å². The molecule has 0 aliphatic carbocycles. The van der Waals surface area contributed by atoms with Gasteiger partial charge in [0.1, 0.15) is 11.7 Å². The van der Waals surface area contributed by atoms with Gasteiger partial charge in [-0.25, -0.2) is 0 Å². The fourth-order valence-corrected chi connectivity index (χ4v) is 3.06. The number of rotatable bonds is 5. The molecule has 0 radical (unpaired) electrons. The highest BCUT2D eigenvalue weighted by Crippen LogP contribution is 2.30. The zero-order valence-electron chi connectivity index (χ0n) is 13.8. The average molecular weight is 390 g/mol. The Labute approximate surface area is 160 Å². The maximum Gasteiger partial charge on any atom is 0.241 e. The zero-order valence-corrected chi connectivity index (χ0v) is 15.4. The number of anilines is 1. The molecule has 1 unspecified atom stereocenters. The molecule has 1 fully saturated rings. The standard InChI is InChI=1S/C18H16ClN3O3S/c1-25-13-8-2-10(3-9-13)15(20-12-6-4-11(19)5-7-12)14-16(23)21-18(26)22-17(14)24/h2-9,14-15,20H,1H3,(H2,21,22,23,24,26). The molecule has 1 heterocycles. The molecule has 1 aliphatic rings. The van der Waals surface area contributed by atoms with Crippen LogP contribution in [0, 0.1) is 5.92 Å². The van der Waals surface area contributed by atoms with Crippen molar-refractivity contribution in [2.24, 2.45) is 5.92 Å². The van der Waals surface area contributed by atoms with Crippen LogP contribution in [-0.2, 0) is 9.59 Å². The first-order valence-electron chi connectivity index (χ1n) is 7.79. The predicted molar refractivity (Wildman–Crippen MR) is 103 cm³/mol. The second-order valence-electron chi connectivity index (χ2n) is 5.69. The molecule has 0 spiro atoms. The number of nitrogens with one attached hydrogen (secondary N) is 3. The minimum atomic E-state index is -0.995. The molecule has 134 valence electrons. The van der Waals surface area contributed by atoms with Crippen molar-refractivity contribution >= 4 is 46.4 Å². The Kier molecular flexibility index (Phi) is 5.39. The molecule has 2 amide bonds. The third kappa shape index (κ3) is 3.95. The number of halogens is 1. The van der Waals surface area contributed by atoms with Crippen LogP contribution in [0.1, 0.15) is 11.6 Å². The lowest BCUT2D eigenvalue weighted by molar-refractivity contribution is -0.135. The molecule has 26 heavy (non-hydrogen) atoms. The lowest BCUT2D eigenvalue weighted by Gasteiger charge is -2.31. The van der Waals surface area contributed by atoms with Crippen LogP contribution in [0.15, 0.2) is 48.5 Å². The molecule has 2 aromatic rings. The number of hydrogen-bond donors (Lipinski definition) is 3. The summed E-state index contributed by atoms with van der Waals surface area (Å²) in [6, 6.07) is 13.6. The van der Waals surface area contributed by atoms with E-state index < -0.39 is 23.8 Å². The summed E-state index contributed by atoms with van der Waals surface area (Å²) >= 11 is 10.8. The molecular weight excluding hydrogens is 374 g/mol. The Balaban J connectivity index is 1.97. The molecule has 2 aromatic carbocycles. The Morgan fingerprint density at radius 3 is 2.15 bits per heavy atom. The van der Waals surface area contributed by atoms with E-state index in [1.54, 1.807) is 55.6 Å². The van der Waals surface area contributed by atoms with E-state index in [0.717, 1.165) is 11.3 Å². The third-order valence-corrected chi connectivity index (χ3v) is 4.47. The number of ether oxygens (including phenoxy) is 1. The lowest BCUT2D eigenvalue weighted by Crippen LogP contribution is -2.57. The van der Waals surface area contributed by atoms with Crippen molar-refractivity contribution in [3.63, 3.8) is 0 Å². The highest BCUT2D eigenvalue weighted by atomic mass is 35.5. The second-order valence-corrected chi connectivity index (χ2v) is 6.53. The topological polar surface area (TPSA) is 79.5 Å². The van der Waals surface area contributed by atoms with Gasteiger partial charge < -0.3 is 20.7 Å². The summed E-state index contributed by atoms with van der Waals surface area (Å²) in [6.07, 6.45) is 0. The minimum absolute atomic E-state index is 0.0104. The van der Waals surface area contributed by atoms with Gasteiger partial charge in [-0.1, -0.05) is 23.7 Å². The molecule has 1 atom stereocenters. The summed E-state index contributed by atoms with van der Waals surface area (Å²) in [7, 11) is 1.57. The molecule has 1 saturated heterocycles. The fourth-order valence-electron chi connectivity index (χ4n) is 2.73. The van der Waals surface area contributed by atoms with Crippen LogP contribution in [0.5, 0.6) is 5.75 Å². The lowest BCUT2D eigenvalue weighted by atomic mass is 9.90. The van der Waals surface area contributed by atoms with Gasteiger partial charge in [-0.3, -0.25) is 9.59 Å². The van der Waals surface area contributed by atoms with E-state index in [1.165, 1.54) is 0 Å². The number of hydrogen-bond acceptors (Lipinski definition) is 5. The highest BCUT2D eigenvalue weighted by Gasteiger charge is 2.40. The van der Waals surface area contributed by atoms with Gasteiger partial charge in [-0.2, -0.15) is 0 Å². The Hall–Kier alpha value is -2.64. The van der Waals surface area contributed by atoms with Crippen LogP contribution in [-0.4, -0.2) is 24.0 Å². The van der Waals surface area contributed by atoms with Crippen molar-refractivity contribution < 1.29 is 14.3 Å². The fraction of sp³-hybridized carbons (Fsp3) is 0.167. The monoisotopic (exact) mass is 389 g/mol. The summed E-state index contributed by atoms with van der Waals surface area (Å²) in [5, 5.41) is 8.85. The Bertz CT molecular complexity index is 820. The van der Waals surface area contributed by atoms with Gasteiger partial charge in [0.25, 0.3) is 0 Å². The SMILES string of the molecule is COc1ccc(C(Nc2ccc(Cl)cc2)C2C(=O)NC(=S)NC2=O)cc1. The van der Waals surface area contributed by atoms with Gasteiger partial charge >= 0.3 is 0 Å². The minimum Gasteiger partial charge on any atom is -0.497 e. The van der Waals surface area contributed by atoms with Crippen molar-refractivity contribution in [3.05, 3.63) is 59.1 Å². The summed E-state index contributed by atoms with van der Waals surface area (Å²) in [5.41, 5.74) is 1.48. The normalized spacial score (nSPS) is 15.8. The number of benzene rings is 2. The molecule has 3 N–H and O–H groups in total. The first-order chi connectivity index (χ1) is 12.5. The van der Waals surface area contributed by atoms with E-state index >= 15 is 0 Å². The number of carbonyl (C=O) groups is 2. The van der Waals surface area contributed by atoms with E-state index in [9.17, 15) is 9.59 Å². The Morgan fingerprint density at radius 1 is 1.04 bits per heavy atom. The number of amides is 2. The van der Waals surface area contributed by atoms with E-state index in [2.05, 4.69) is 16.0 Å². The molecule has 8 heteroatoms. The van der Waals surface area contributed by atoms with Gasteiger partial charge in [-0.05, 0) is 54.2 Å². The molecule has 1 aliphatic heterocycles. The number of carbonyl (C=O) groups excluding carboxylic acids is 2. The van der Waals surface area contributed by atoms with Crippen LogP contribution < -0.4 is 20.7 Å². The summed E-state index contributed by atoms with van der Waals surface area (Å²) < 4.78 is 5.17.